The Morgan fingerprint density at radius 1 is 1.32 bits per heavy atom. The number of ether oxygens (including phenoxy) is 2. The van der Waals surface area contributed by atoms with Crippen molar-refractivity contribution in [3.63, 3.8) is 0 Å². The number of halogens is 2. The molecule has 22 heavy (non-hydrogen) atoms. The van der Waals surface area contributed by atoms with Crippen LogP contribution in [-0.2, 0) is 14.3 Å². The summed E-state index contributed by atoms with van der Waals surface area (Å²) in [6.07, 6.45) is 0. The molecule has 0 bridgehead atoms. The van der Waals surface area contributed by atoms with Gasteiger partial charge in [-0.05, 0) is 31.2 Å². The maximum atomic E-state index is 12.9. The van der Waals surface area contributed by atoms with Crippen molar-refractivity contribution in [3.8, 4) is 5.69 Å². The van der Waals surface area contributed by atoms with Crippen molar-refractivity contribution >= 4 is 23.5 Å². The van der Waals surface area contributed by atoms with E-state index in [9.17, 15) is 14.0 Å². The Morgan fingerprint density at radius 3 is 2.55 bits per heavy atom. The first-order valence-corrected chi connectivity index (χ1v) is 6.57. The number of nitrogens with zero attached hydrogens (tertiary/aromatic N) is 2. The molecule has 0 aliphatic heterocycles. The predicted molar refractivity (Wildman–Crippen MR) is 75.6 cm³/mol. The van der Waals surface area contributed by atoms with Gasteiger partial charge in [0.2, 0.25) is 0 Å². The Kier molecular flexibility index (Phi) is 4.77. The summed E-state index contributed by atoms with van der Waals surface area (Å²) < 4.78 is 23.4. The largest absolute Gasteiger partial charge is 0.466 e. The molecule has 6 nitrogen and oxygen atoms in total. The normalized spacial score (nSPS) is 10.4. The van der Waals surface area contributed by atoms with Gasteiger partial charge in [-0.3, -0.25) is 0 Å². The van der Waals surface area contributed by atoms with E-state index in [1.807, 2.05) is 0 Å². The highest BCUT2D eigenvalue weighted by Crippen LogP contribution is 2.24. The van der Waals surface area contributed by atoms with E-state index in [1.54, 1.807) is 6.92 Å². The monoisotopic (exact) mass is 326 g/mol. The van der Waals surface area contributed by atoms with Crippen LogP contribution in [0.1, 0.15) is 16.1 Å². The fraction of sp³-hybridized carbons (Fsp3) is 0.214. The van der Waals surface area contributed by atoms with Gasteiger partial charge in [0, 0.05) is 0 Å². The average molecular weight is 327 g/mol. The van der Waals surface area contributed by atoms with Gasteiger partial charge in [0.1, 0.15) is 16.5 Å². The molecule has 1 aromatic carbocycles. The van der Waals surface area contributed by atoms with Crippen LogP contribution in [0.2, 0.25) is 5.15 Å². The number of aromatic nitrogens is 2. The van der Waals surface area contributed by atoms with Gasteiger partial charge in [0.05, 0.1) is 18.5 Å². The molecule has 0 aliphatic carbocycles. The van der Waals surface area contributed by atoms with Crippen molar-refractivity contribution in [2.75, 3.05) is 13.7 Å². The Morgan fingerprint density at radius 2 is 1.95 bits per heavy atom. The highest BCUT2D eigenvalue weighted by Gasteiger charge is 2.23. The highest BCUT2D eigenvalue weighted by molar-refractivity contribution is 6.33. The molecule has 0 unspecified atom stereocenters. The summed E-state index contributed by atoms with van der Waals surface area (Å²) in [5.41, 5.74) is 0.848. The zero-order valence-corrected chi connectivity index (χ0v) is 12.6. The van der Waals surface area contributed by atoms with Crippen molar-refractivity contribution in [1.82, 2.24) is 9.78 Å². The maximum absolute atomic E-state index is 12.9. The number of hydrogen-bond donors (Lipinski definition) is 0. The van der Waals surface area contributed by atoms with Crippen LogP contribution in [0.3, 0.4) is 0 Å². The first-order chi connectivity index (χ1) is 10.4. The summed E-state index contributed by atoms with van der Waals surface area (Å²) in [5, 5.41) is 4.14. The second kappa shape index (κ2) is 6.57. The average Bonchev–Trinajstić information content (AvgIpc) is 2.80. The van der Waals surface area contributed by atoms with Gasteiger partial charge in [0.15, 0.2) is 6.61 Å². The van der Waals surface area contributed by atoms with Gasteiger partial charge in [-0.2, -0.15) is 5.10 Å². The fourth-order valence-corrected chi connectivity index (χ4v) is 2.09. The van der Waals surface area contributed by atoms with E-state index in [-0.39, 0.29) is 10.7 Å². The topological polar surface area (TPSA) is 70.4 Å². The lowest BCUT2D eigenvalue weighted by atomic mass is 10.2. The van der Waals surface area contributed by atoms with Crippen LogP contribution in [0, 0.1) is 12.7 Å². The molecule has 0 saturated heterocycles. The smallest absolute Gasteiger partial charge is 0.344 e. The number of carbonyl (C=O) groups is 2. The van der Waals surface area contributed by atoms with Crippen LogP contribution in [-0.4, -0.2) is 35.4 Å². The van der Waals surface area contributed by atoms with Crippen molar-refractivity contribution in [1.29, 1.82) is 0 Å². The fourth-order valence-electron chi connectivity index (χ4n) is 1.74. The van der Waals surface area contributed by atoms with Gasteiger partial charge in [-0.25, -0.2) is 18.7 Å². The van der Waals surface area contributed by atoms with Crippen molar-refractivity contribution in [3.05, 3.63) is 46.5 Å². The molecule has 0 fully saturated rings. The van der Waals surface area contributed by atoms with Gasteiger partial charge in [-0.15, -0.1) is 0 Å². The quantitative estimate of drug-likeness (QED) is 0.806. The zero-order chi connectivity index (χ0) is 16.3. The third kappa shape index (κ3) is 3.25. The second-order valence-corrected chi connectivity index (χ2v) is 4.65. The summed E-state index contributed by atoms with van der Waals surface area (Å²) in [5.74, 6) is -1.88. The third-order valence-electron chi connectivity index (χ3n) is 2.83. The Labute approximate surface area is 130 Å². The summed E-state index contributed by atoms with van der Waals surface area (Å²) in [7, 11) is 1.18. The molecule has 8 heteroatoms. The van der Waals surface area contributed by atoms with E-state index in [1.165, 1.54) is 36.1 Å². The molecule has 0 N–H and O–H groups in total. The van der Waals surface area contributed by atoms with Crippen LogP contribution in [0.15, 0.2) is 24.3 Å². The molecule has 2 aromatic rings. The van der Waals surface area contributed by atoms with Crippen molar-refractivity contribution < 1.29 is 23.5 Å². The van der Waals surface area contributed by atoms with E-state index in [0.29, 0.717) is 11.4 Å². The molecule has 116 valence electrons. The number of methoxy groups -OCH3 is 1. The third-order valence-corrected chi connectivity index (χ3v) is 3.18. The molecule has 0 spiro atoms. The molecule has 0 radical (unpaired) electrons. The molecule has 1 heterocycles. The zero-order valence-electron chi connectivity index (χ0n) is 11.8. The minimum Gasteiger partial charge on any atom is -0.466 e. The van der Waals surface area contributed by atoms with Crippen LogP contribution >= 0.6 is 11.6 Å². The number of esters is 2. The van der Waals surface area contributed by atoms with E-state index in [0.717, 1.165) is 0 Å². The molecular formula is C14H12ClFN2O4. The van der Waals surface area contributed by atoms with Crippen molar-refractivity contribution in [2.24, 2.45) is 0 Å². The number of benzene rings is 1. The van der Waals surface area contributed by atoms with Crippen molar-refractivity contribution in [2.45, 2.75) is 6.92 Å². The first kappa shape index (κ1) is 16.0. The number of carbonyl (C=O) groups excluding carboxylic acids is 2. The Balaban J connectivity index is 2.29. The molecule has 1 aromatic heterocycles. The molecule has 2 rings (SSSR count). The summed E-state index contributed by atoms with van der Waals surface area (Å²) in [4.78, 5) is 23.0. The van der Waals surface area contributed by atoms with E-state index in [4.69, 9.17) is 16.3 Å². The number of hydrogen-bond acceptors (Lipinski definition) is 5. The van der Waals surface area contributed by atoms with E-state index in [2.05, 4.69) is 9.84 Å². The maximum Gasteiger partial charge on any atom is 0.344 e. The summed E-state index contributed by atoms with van der Waals surface area (Å²) in [6, 6.07) is 5.43. The standard InChI is InChI=1S/C14H12ClFN2O4/c1-8-12(14(20)22-7-11(19)21-2)13(15)18(17-8)10-5-3-9(16)4-6-10/h3-6H,7H2,1-2H3. The van der Waals surface area contributed by atoms with Gasteiger partial charge < -0.3 is 9.47 Å². The van der Waals surface area contributed by atoms with Gasteiger partial charge >= 0.3 is 11.9 Å². The number of rotatable bonds is 4. The lowest BCUT2D eigenvalue weighted by molar-refractivity contribution is -0.144. The molecule has 0 aliphatic rings. The number of aryl methyl sites for hydroxylation is 1. The minimum atomic E-state index is -0.790. The molecule has 0 amide bonds. The van der Waals surface area contributed by atoms with E-state index >= 15 is 0 Å². The lowest BCUT2D eigenvalue weighted by Crippen LogP contribution is -2.15. The van der Waals surface area contributed by atoms with Gasteiger partial charge in [-0.1, -0.05) is 11.6 Å². The summed E-state index contributed by atoms with van der Waals surface area (Å²) >= 11 is 6.14. The SMILES string of the molecule is COC(=O)COC(=O)c1c(C)nn(-c2ccc(F)cc2)c1Cl. The van der Waals surface area contributed by atoms with Crippen LogP contribution in [0.25, 0.3) is 5.69 Å². The second-order valence-electron chi connectivity index (χ2n) is 4.29. The highest BCUT2D eigenvalue weighted by atomic mass is 35.5. The predicted octanol–water partition coefficient (Wildman–Crippen LogP) is 2.30. The van der Waals surface area contributed by atoms with Crippen LogP contribution in [0.4, 0.5) is 4.39 Å². The molecular weight excluding hydrogens is 315 g/mol. The van der Waals surface area contributed by atoms with Crippen LogP contribution in [0.5, 0.6) is 0 Å². The molecule has 0 atom stereocenters. The Bertz CT molecular complexity index is 712. The van der Waals surface area contributed by atoms with Crippen LogP contribution < -0.4 is 0 Å². The Hall–Kier alpha value is -2.41. The summed E-state index contributed by atoms with van der Waals surface area (Å²) in [6.45, 7) is 1.05. The van der Waals surface area contributed by atoms with E-state index < -0.39 is 24.4 Å². The van der Waals surface area contributed by atoms with Gasteiger partial charge in [0.25, 0.3) is 0 Å². The first-order valence-electron chi connectivity index (χ1n) is 6.19. The minimum absolute atomic E-state index is 0.0129. The lowest BCUT2D eigenvalue weighted by Gasteiger charge is -2.04. The molecule has 0 saturated carbocycles.